The van der Waals surface area contributed by atoms with Crippen molar-refractivity contribution in [1.29, 1.82) is 0 Å². The molecule has 0 aliphatic heterocycles. The molecule has 0 unspecified atom stereocenters. The van der Waals surface area contributed by atoms with Crippen LogP contribution in [0.15, 0.2) is 66.9 Å². The average Bonchev–Trinajstić information content (AvgIpc) is 3.15. The van der Waals surface area contributed by atoms with Crippen molar-refractivity contribution in [2.75, 3.05) is 11.1 Å². The highest BCUT2D eigenvalue weighted by atomic mass is 16.2. The summed E-state index contributed by atoms with van der Waals surface area (Å²) in [6.45, 7) is 3.89. The van der Waals surface area contributed by atoms with Gasteiger partial charge in [-0.15, -0.1) is 5.10 Å². The molecule has 0 radical (unpaired) electrons. The summed E-state index contributed by atoms with van der Waals surface area (Å²) in [7, 11) is 0. The van der Waals surface area contributed by atoms with E-state index in [1.807, 2.05) is 32.0 Å². The van der Waals surface area contributed by atoms with Crippen LogP contribution in [0.5, 0.6) is 0 Å². The van der Waals surface area contributed by atoms with Gasteiger partial charge in [-0.25, -0.2) is 0 Å². The van der Waals surface area contributed by atoms with Gasteiger partial charge in [0, 0.05) is 23.0 Å². The van der Waals surface area contributed by atoms with Crippen molar-refractivity contribution >= 4 is 23.5 Å². The summed E-state index contributed by atoms with van der Waals surface area (Å²) in [4.78, 5) is 33.6. The van der Waals surface area contributed by atoms with Gasteiger partial charge in [-0.3, -0.25) is 14.6 Å². The van der Waals surface area contributed by atoms with Gasteiger partial charge in [0.05, 0.1) is 0 Å². The third-order valence-corrected chi connectivity index (χ3v) is 4.59. The lowest BCUT2D eigenvalue weighted by atomic mass is 10.1. The Morgan fingerprint density at radius 3 is 2.29 bits per heavy atom. The summed E-state index contributed by atoms with van der Waals surface area (Å²) in [5.41, 5.74) is 9.94. The van der Waals surface area contributed by atoms with Crippen molar-refractivity contribution < 1.29 is 9.59 Å². The largest absolute Gasteiger partial charge is 0.368 e. The van der Waals surface area contributed by atoms with Gasteiger partial charge >= 0.3 is 0 Å². The number of hydrogen-bond acceptors (Lipinski definition) is 6. The second-order valence-electron chi connectivity index (χ2n) is 7.13. The van der Waals surface area contributed by atoms with Crippen LogP contribution < -0.4 is 11.1 Å². The summed E-state index contributed by atoms with van der Waals surface area (Å²) in [5.74, 6) is -0.410. The third kappa shape index (κ3) is 4.32. The summed E-state index contributed by atoms with van der Waals surface area (Å²) < 4.78 is 1.03. The van der Waals surface area contributed by atoms with Gasteiger partial charge < -0.3 is 11.1 Å². The molecule has 2 aromatic heterocycles. The van der Waals surface area contributed by atoms with E-state index in [2.05, 4.69) is 20.4 Å². The van der Waals surface area contributed by atoms with E-state index in [0.717, 1.165) is 15.8 Å². The van der Waals surface area contributed by atoms with Crippen LogP contribution in [0.4, 0.5) is 11.6 Å². The summed E-state index contributed by atoms with van der Waals surface area (Å²) in [6.07, 6.45) is 1.61. The quantitative estimate of drug-likeness (QED) is 0.530. The van der Waals surface area contributed by atoms with Crippen LogP contribution in [0, 0.1) is 13.8 Å². The molecule has 8 nitrogen and oxygen atoms in total. The van der Waals surface area contributed by atoms with Gasteiger partial charge in [-0.2, -0.15) is 9.67 Å². The van der Waals surface area contributed by atoms with Gasteiger partial charge in [-0.1, -0.05) is 23.3 Å². The lowest BCUT2D eigenvalue weighted by Crippen LogP contribution is -2.17. The normalized spacial score (nSPS) is 10.6. The smallest absolute Gasteiger partial charge is 0.281 e. The lowest BCUT2D eigenvalue weighted by Gasteiger charge is -2.08. The number of carbonyl (C=O) groups is 2. The van der Waals surface area contributed by atoms with Crippen LogP contribution >= 0.6 is 0 Å². The van der Waals surface area contributed by atoms with Crippen LogP contribution in [0.1, 0.15) is 31.8 Å². The number of nitrogens with two attached hydrogens (primary N) is 1. The molecule has 0 fully saturated rings. The monoisotopic (exact) mass is 412 g/mol. The van der Waals surface area contributed by atoms with E-state index in [4.69, 9.17) is 5.73 Å². The Morgan fingerprint density at radius 1 is 0.935 bits per heavy atom. The van der Waals surface area contributed by atoms with Crippen molar-refractivity contribution in [2.45, 2.75) is 13.8 Å². The molecule has 8 heteroatoms. The highest BCUT2D eigenvalue weighted by Crippen LogP contribution is 2.17. The molecular weight excluding hydrogens is 392 g/mol. The second-order valence-corrected chi connectivity index (χ2v) is 7.13. The molecule has 2 aromatic carbocycles. The Kier molecular flexibility index (Phi) is 5.28. The summed E-state index contributed by atoms with van der Waals surface area (Å²) >= 11 is 0. The van der Waals surface area contributed by atoms with Crippen molar-refractivity contribution in [1.82, 2.24) is 19.7 Å². The Balaban J connectivity index is 1.51. The minimum absolute atomic E-state index is 0.0298. The highest BCUT2D eigenvalue weighted by molar-refractivity contribution is 6.05. The van der Waals surface area contributed by atoms with E-state index in [1.54, 1.807) is 48.7 Å². The van der Waals surface area contributed by atoms with E-state index in [1.165, 1.54) is 0 Å². The zero-order valence-corrected chi connectivity index (χ0v) is 17.0. The van der Waals surface area contributed by atoms with E-state index in [-0.39, 0.29) is 17.7 Å². The fourth-order valence-corrected chi connectivity index (χ4v) is 3.20. The average molecular weight is 412 g/mol. The number of nitrogen functional groups attached to an aromatic ring is 1. The second kappa shape index (κ2) is 8.19. The Morgan fingerprint density at radius 2 is 1.65 bits per heavy atom. The molecular formula is C23H20N6O2. The molecule has 4 aromatic rings. The third-order valence-electron chi connectivity index (χ3n) is 4.59. The molecule has 0 spiro atoms. The van der Waals surface area contributed by atoms with Crippen molar-refractivity contribution in [3.63, 3.8) is 0 Å². The first-order valence-electron chi connectivity index (χ1n) is 9.59. The number of nitrogens with zero attached hydrogens (tertiary/aromatic N) is 4. The topological polar surface area (TPSA) is 116 Å². The van der Waals surface area contributed by atoms with Crippen molar-refractivity contribution in [3.05, 3.63) is 89.1 Å². The number of aryl methyl sites for hydroxylation is 2. The minimum atomic E-state index is -0.431. The van der Waals surface area contributed by atoms with Crippen LogP contribution in [0.25, 0.3) is 11.5 Å². The maximum Gasteiger partial charge on any atom is 0.281 e. The molecule has 0 saturated carbocycles. The molecule has 3 N–H and O–H groups in total. The van der Waals surface area contributed by atoms with Crippen molar-refractivity contribution in [3.8, 4) is 11.5 Å². The molecule has 4 rings (SSSR count). The molecule has 0 bridgehead atoms. The van der Waals surface area contributed by atoms with Gasteiger partial charge in [0.1, 0.15) is 5.69 Å². The van der Waals surface area contributed by atoms with E-state index < -0.39 is 5.91 Å². The number of amides is 1. The number of anilines is 2. The lowest BCUT2D eigenvalue weighted by molar-refractivity contribution is 0.0947. The van der Waals surface area contributed by atoms with Crippen LogP contribution in [0.3, 0.4) is 0 Å². The van der Waals surface area contributed by atoms with Gasteiger partial charge in [0.25, 0.3) is 11.8 Å². The Labute approximate surface area is 178 Å². The molecule has 0 atom stereocenters. The number of rotatable bonds is 4. The zero-order valence-electron chi connectivity index (χ0n) is 17.0. The first kappa shape index (κ1) is 20.0. The predicted molar refractivity (Wildman–Crippen MR) is 118 cm³/mol. The molecule has 2 heterocycles. The zero-order chi connectivity index (χ0) is 22.0. The van der Waals surface area contributed by atoms with Gasteiger partial charge in [0.2, 0.25) is 11.8 Å². The number of hydrogen-bond donors (Lipinski definition) is 2. The molecule has 154 valence electrons. The Bertz CT molecular complexity index is 1240. The SMILES string of the molecule is Cc1cc(C)cc(C(=O)Nc2ccc(C(=O)n3nc(-c4ccccn4)nc3N)cc2)c1. The molecule has 31 heavy (non-hydrogen) atoms. The van der Waals surface area contributed by atoms with Crippen LogP contribution in [0.2, 0.25) is 0 Å². The van der Waals surface area contributed by atoms with Crippen LogP contribution in [-0.4, -0.2) is 31.6 Å². The van der Waals surface area contributed by atoms with E-state index in [9.17, 15) is 9.59 Å². The van der Waals surface area contributed by atoms with Crippen molar-refractivity contribution in [2.24, 2.45) is 0 Å². The molecule has 0 aliphatic carbocycles. The first-order valence-corrected chi connectivity index (χ1v) is 9.59. The fourth-order valence-electron chi connectivity index (χ4n) is 3.20. The maximum atomic E-state index is 12.8. The Hall–Kier alpha value is -4.33. The predicted octanol–water partition coefficient (Wildman–Crippen LogP) is 3.48. The molecule has 1 amide bonds. The standard InChI is InChI=1S/C23H20N6O2/c1-14-11-15(2)13-17(12-14)21(30)26-18-8-6-16(7-9-18)22(31)29-23(24)27-20(28-29)19-5-3-4-10-25-19/h3-13H,1-2H3,(H,26,30)(H2,24,27,28). The summed E-state index contributed by atoms with van der Waals surface area (Å²) in [5, 5.41) is 7.02. The number of benzene rings is 2. The maximum absolute atomic E-state index is 12.8. The van der Waals surface area contributed by atoms with Gasteiger partial charge in [0.15, 0.2) is 0 Å². The summed E-state index contributed by atoms with van der Waals surface area (Å²) in [6, 6.07) is 17.5. The highest BCUT2D eigenvalue weighted by Gasteiger charge is 2.17. The van der Waals surface area contributed by atoms with E-state index in [0.29, 0.717) is 22.5 Å². The fraction of sp³-hybridized carbons (Fsp3) is 0.0870. The molecule has 0 aliphatic rings. The minimum Gasteiger partial charge on any atom is -0.368 e. The number of carbonyl (C=O) groups excluding carboxylic acids is 2. The number of aromatic nitrogens is 4. The number of nitrogens with one attached hydrogen (secondary N) is 1. The van der Waals surface area contributed by atoms with E-state index >= 15 is 0 Å². The first-order chi connectivity index (χ1) is 14.9. The van der Waals surface area contributed by atoms with Crippen LogP contribution in [-0.2, 0) is 0 Å². The van der Waals surface area contributed by atoms with Gasteiger partial charge in [-0.05, 0) is 62.4 Å². The number of pyridine rings is 1. The molecule has 0 saturated heterocycles.